The molecule has 0 N–H and O–H groups in total. The second-order valence-electron chi connectivity index (χ2n) is 3.91. The van der Waals surface area contributed by atoms with Gasteiger partial charge in [-0.2, -0.15) is 0 Å². The van der Waals surface area contributed by atoms with Crippen LogP contribution in [0.4, 0.5) is 0 Å². The third-order valence-corrected chi connectivity index (χ3v) is 3.05. The molecular weight excluding hydrogens is 236 g/mol. The van der Waals surface area contributed by atoms with Gasteiger partial charge in [0.15, 0.2) is 0 Å². The molecule has 2 aromatic rings. The molecule has 1 aromatic carbocycles. The van der Waals surface area contributed by atoms with Crippen molar-refractivity contribution in [1.82, 2.24) is 9.97 Å². The number of fused-ring (bicyclic) bond motifs is 1. The van der Waals surface area contributed by atoms with E-state index in [9.17, 15) is 0 Å². The highest BCUT2D eigenvalue weighted by Crippen LogP contribution is 2.29. The third-order valence-electron chi connectivity index (χ3n) is 2.81. The summed E-state index contributed by atoms with van der Waals surface area (Å²) in [6.07, 6.45) is 2.71. The van der Waals surface area contributed by atoms with Crippen LogP contribution in [-0.2, 0) is 12.3 Å². The zero-order chi connectivity index (χ0) is 11.7. The highest BCUT2D eigenvalue weighted by molar-refractivity contribution is 6.16. The van der Waals surface area contributed by atoms with E-state index in [2.05, 4.69) is 16.0 Å². The standard InChI is InChI=1S/C13H11ClN2O/c14-8-13-15-5-3-11(16-13)9-1-2-12-10(7-9)4-6-17-12/h1-3,5,7H,4,6,8H2. The number of benzene rings is 1. The molecule has 0 radical (unpaired) electrons. The Bertz CT molecular complexity index is 557. The van der Waals surface area contributed by atoms with Crippen molar-refractivity contribution in [1.29, 1.82) is 0 Å². The first-order valence-corrected chi connectivity index (χ1v) is 6.04. The van der Waals surface area contributed by atoms with E-state index in [1.54, 1.807) is 6.20 Å². The molecule has 2 heterocycles. The number of halogens is 1. The van der Waals surface area contributed by atoms with Gasteiger partial charge in [-0.05, 0) is 29.8 Å². The average Bonchev–Trinajstić information content (AvgIpc) is 2.86. The summed E-state index contributed by atoms with van der Waals surface area (Å²) in [6.45, 7) is 0.773. The Labute approximate surface area is 104 Å². The van der Waals surface area contributed by atoms with E-state index in [-0.39, 0.29) is 0 Å². The Hall–Kier alpha value is -1.61. The van der Waals surface area contributed by atoms with Gasteiger partial charge in [0, 0.05) is 18.2 Å². The molecule has 86 valence electrons. The predicted octanol–water partition coefficient (Wildman–Crippen LogP) is 2.82. The van der Waals surface area contributed by atoms with Gasteiger partial charge in [-0.1, -0.05) is 0 Å². The number of alkyl halides is 1. The van der Waals surface area contributed by atoms with Crippen LogP contribution in [0.1, 0.15) is 11.4 Å². The molecule has 0 atom stereocenters. The number of aromatic nitrogens is 2. The fraction of sp³-hybridized carbons (Fsp3) is 0.231. The molecule has 0 fully saturated rings. The first-order valence-electron chi connectivity index (χ1n) is 5.51. The van der Waals surface area contributed by atoms with Crippen molar-refractivity contribution in [2.45, 2.75) is 12.3 Å². The van der Waals surface area contributed by atoms with E-state index >= 15 is 0 Å². The summed E-state index contributed by atoms with van der Waals surface area (Å²) in [6, 6.07) is 8.04. The van der Waals surface area contributed by atoms with Gasteiger partial charge < -0.3 is 4.74 Å². The lowest BCUT2D eigenvalue weighted by Gasteiger charge is -2.04. The van der Waals surface area contributed by atoms with Crippen molar-refractivity contribution in [3.63, 3.8) is 0 Å². The van der Waals surface area contributed by atoms with Crippen molar-refractivity contribution in [2.75, 3.05) is 6.61 Å². The monoisotopic (exact) mass is 246 g/mol. The SMILES string of the molecule is ClCc1nccc(-c2ccc3c(c2)CCO3)n1. The van der Waals surface area contributed by atoms with Crippen molar-refractivity contribution in [3.05, 3.63) is 41.9 Å². The Morgan fingerprint density at radius 3 is 3.12 bits per heavy atom. The van der Waals surface area contributed by atoms with Crippen LogP contribution < -0.4 is 4.74 Å². The maximum Gasteiger partial charge on any atom is 0.143 e. The normalized spacial score (nSPS) is 13.2. The molecule has 0 unspecified atom stereocenters. The fourth-order valence-electron chi connectivity index (χ4n) is 1.97. The first kappa shape index (κ1) is 10.5. The lowest BCUT2D eigenvalue weighted by Crippen LogP contribution is -1.93. The van der Waals surface area contributed by atoms with Gasteiger partial charge in [-0.3, -0.25) is 0 Å². The van der Waals surface area contributed by atoms with Crippen molar-refractivity contribution in [3.8, 4) is 17.0 Å². The van der Waals surface area contributed by atoms with Crippen LogP contribution in [0.3, 0.4) is 0 Å². The molecule has 4 heteroatoms. The molecule has 1 aliphatic rings. The molecule has 0 bridgehead atoms. The summed E-state index contributed by atoms with van der Waals surface area (Å²) in [5.41, 5.74) is 3.24. The second-order valence-corrected chi connectivity index (χ2v) is 4.18. The quantitative estimate of drug-likeness (QED) is 0.765. The molecule has 0 aliphatic carbocycles. The summed E-state index contributed by atoms with van der Waals surface area (Å²) in [5, 5.41) is 0. The molecule has 3 rings (SSSR count). The largest absolute Gasteiger partial charge is 0.493 e. The van der Waals surface area contributed by atoms with Crippen LogP contribution in [0.15, 0.2) is 30.5 Å². The van der Waals surface area contributed by atoms with Crippen molar-refractivity contribution in [2.24, 2.45) is 0 Å². The lowest BCUT2D eigenvalue weighted by molar-refractivity contribution is 0.357. The van der Waals surface area contributed by atoms with E-state index in [4.69, 9.17) is 16.3 Å². The molecular formula is C13H11ClN2O. The zero-order valence-electron chi connectivity index (χ0n) is 9.19. The van der Waals surface area contributed by atoms with E-state index in [0.29, 0.717) is 11.7 Å². The smallest absolute Gasteiger partial charge is 0.143 e. The maximum atomic E-state index is 5.74. The maximum absolute atomic E-state index is 5.74. The van der Waals surface area contributed by atoms with Crippen molar-refractivity contribution < 1.29 is 4.74 Å². The molecule has 1 aliphatic heterocycles. The summed E-state index contributed by atoms with van der Waals surface area (Å²) >= 11 is 5.74. The van der Waals surface area contributed by atoms with Crippen LogP contribution in [-0.4, -0.2) is 16.6 Å². The van der Waals surface area contributed by atoms with Gasteiger partial charge in [0.25, 0.3) is 0 Å². The predicted molar refractivity (Wildman–Crippen MR) is 66.2 cm³/mol. The third kappa shape index (κ3) is 1.98. The minimum Gasteiger partial charge on any atom is -0.493 e. The highest BCUT2D eigenvalue weighted by Gasteiger charge is 2.13. The van der Waals surface area contributed by atoms with Crippen LogP contribution in [0.25, 0.3) is 11.3 Å². The summed E-state index contributed by atoms with van der Waals surface area (Å²) in [4.78, 5) is 8.49. The number of rotatable bonds is 2. The Balaban J connectivity index is 2.03. The van der Waals surface area contributed by atoms with Gasteiger partial charge >= 0.3 is 0 Å². The van der Waals surface area contributed by atoms with Crippen LogP contribution >= 0.6 is 11.6 Å². The molecule has 3 nitrogen and oxygen atoms in total. The molecule has 0 saturated heterocycles. The lowest BCUT2D eigenvalue weighted by atomic mass is 10.1. The van der Waals surface area contributed by atoms with E-state index in [0.717, 1.165) is 30.0 Å². The minimum absolute atomic E-state index is 0.335. The van der Waals surface area contributed by atoms with Crippen LogP contribution in [0.2, 0.25) is 0 Å². The van der Waals surface area contributed by atoms with Gasteiger partial charge in [-0.25, -0.2) is 9.97 Å². The minimum atomic E-state index is 0.335. The van der Waals surface area contributed by atoms with Gasteiger partial charge in [0.1, 0.15) is 11.6 Å². The molecule has 1 aromatic heterocycles. The summed E-state index contributed by atoms with van der Waals surface area (Å²) < 4.78 is 5.48. The average molecular weight is 247 g/mol. The molecule has 0 saturated carbocycles. The molecule has 0 amide bonds. The highest BCUT2D eigenvalue weighted by atomic mass is 35.5. The number of hydrogen-bond donors (Lipinski definition) is 0. The number of nitrogens with zero attached hydrogens (tertiary/aromatic N) is 2. The van der Waals surface area contributed by atoms with Crippen LogP contribution in [0.5, 0.6) is 5.75 Å². The fourth-order valence-corrected chi connectivity index (χ4v) is 2.10. The molecule has 0 spiro atoms. The van der Waals surface area contributed by atoms with E-state index in [1.807, 2.05) is 18.2 Å². The second kappa shape index (κ2) is 4.34. The number of ether oxygens (including phenoxy) is 1. The van der Waals surface area contributed by atoms with Crippen LogP contribution in [0, 0.1) is 0 Å². The Kier molecular flexibility index (Phi) is 2.69. The first-order chi connectivity index (χ1) is 8.36. The van der Waals surface area contributed by atoms with Gasteiger partial charge in [0.05, 0.1) is 18.2 Å². The van der Waals surface area contributed by atoms with E-state index < -0.39 is 0 Å². The Morgan fingerprint density at radius 2 is 2.24 bits per heavy atom. The summed E-state index contributed by atoms with van der Waals surface area (Å²) in [5.74, 6) is 1.98. The topological polar surface area (TPSA) is 35.0 Å². The van der Waals surface area contributed by atoms with Gasteiger partial charge in [0.2, 0.25) is 0 Å². The zero-order valence-corrected chi connectivity index (χ0v) is 9.94. The van der Waals surface area contributed by atoms with Crippen molar-refractivity contribution >= 4 is 11.6 Å². The van der Waals surface area contributed by atoms with Gasteiger partial charge in [-0.15, -0.1) is 11.6 Å². The Morgan fingerprint density at radius 1 is 1.29 bits per heavy atom. The summed E-state index contributed by atoms with van der Waals surface area (Å²) in [7, 11) is 0. The molecule has 17 heavy (non-hydrogen) atoms. The van der Waals surface area contributed by atoms with E-state index in [1.165, 1.54) is 5.56 Å². The number of hydrogen-bond acceptors (Lipinski definition) is 3.